The van der Waals surface area contributed by atoms with E-state index in [0.717, 1.165) is 24.2 Å². The minimum Gasteiger partial charge on any atom is -0.497 e. The molecular weight excluding hydrogens is 274 g/mol. The summed E-state index contributed by atoms with van der Waals surface area (Å²) in [7, 11) is 1.67. The van der Waals surface area contributed by atoms with Gasteiger partial charge in [-0.15, -0.1) is 0 Å². The number of carbonyl (C=O) groups is 1. The smallest absolute Gasteiger partial charge is 0.224 e. The molecule has 1 N–H and O–H groups in total. The monoisotopic (exact) mass is 297 g/mol. The minimum atomic E-state index is 0.0782. The first-order chi connectivity index (χ1) is 10.7. The van der Waals surface area contributed by atoms with E-state index in [-0.39, 0.29) is 5.91 Å². The SMILES string of the molecule is COc1cccc(CCCNC(=O)Cc2ccc(C)cc2)c1. The van der Waals surface area contributed by atoms with Crippen LogP contribution < -0.4 is 10.1 Å². The maximum absolute atomic E-state index is 11.9. The lowest BCUT2D eigenvalue weighted by Crippen LogP contribution is -2.26. The Morgan fingerprint density at radius 1 is 1.09 bits per heavy atom. The molecule has 3 nitrogen and oxygen atoms in total. The highest BCUT2D eigenvalue weighted by molar-refractivity contribution is 5.78. The van der Waals surface area contributed by atoms with Crippen molar-refractivity contribution in [1.82, 2.24) is 5.32 Å². The van der Waals surface area contributed by atoms with Gasteiger partial charge >= 0.3 is 0 Å². The van der Waals surface area contributed by atoms with Crippen LogP contribution in [0.5, 0.6) is 5.75 Å². The van der Waals surface area contributed by atoms with Crippen molar-refractivity contribution in [3.8, 4) is 5.75 Å². The second-order valence-corrected chi connectivity index (χ2v) is 5.47. The number of methoxy groups -OCH3 is 1. The zero-order chi connectivity index (χ0) is 15.8. The van der Waals surface area contributed by atoms with Gasteiger partial charge in [0.05, 0.1) is 13.5 Å². The number of ether oxygens (including phenoxy) is 1. The van der Waals surface area contributed by atoms with E-state index in [1.807, 2.05) is 49.4 Å². The predicted molar refractivity (Wildman–Crippen MR) is 89.2 cm³/mol. The van der Waals surface area contributed by atoms with Crippen LogP contribution in [0.15, 0.2) is 48.5 Å². The number of hydrogen-bond donors (Lipinski definition) is 1. The van der Waals surface area contributed by atoms with E-state index in [4.69, 9.17) is 4.74 Å². The topological polar surface area (TPSA) is 38.3 Å². The van der Waals surface area contributed by atoms with Gasteiger partial charge in [0, 0.05) is 6.54 Å². The molecule has 0 aliphatic heterocycles. The number of hydrogen-bond acceptors (Lipinski definition) is 2. The summed E-state index contributed by atoms with van der Waals surface area (Å²) in [5, 5.41) is 2.97. The van der Waals surface area contributed by atoms with Crippen molar-refractivity contribution in [1.29, 1.82) is 0 Å². The Balaban J connectivity index is 1.69. The summed E-state index contributed by atoms with van der Waals surface area (Å²) >= 11 is 0. The molecule has 0 aliphatic carbocycles. The number of benzene rings is 2. The molecule has 0 saturated heterocycles. The maximum Gasteiger partial charge on any atom is 0.224 e. The summed E-state index contributed by atoms with van der Waals surface area (Å²) < 4.78 is 5.20. The molecule has 2 aromatic rings. The zero-order valence-corrected chi connectivity index (χ0v) is 13.3. The van der Waals surface area contributed by atoms with Crippen molar-refractivity contribution >= 4 is 5.91 Å². The van der Waals surface area contributed by atoms with Crippen molar-refractivity contribution in [2.24, 2.45) is 0 Å². The van der Waals surface area contributed by atoms with E-state index in [1.54, 1.807) is 7.11 Å². The Hall–Kier alpha value is -2.29. The fourth-order valence-corrected chi connectivity index (χ4v) is 2.30. The van der Waals surface area contributed by atoms with Crippen LogP contribution in [0, 0.1) is 6.92 Å². The molecule has 2 aromatic carbocycles. The molecule has 0 bridgehead atoms. The lowest BCUT2D eigenvalue weighted by atomic mass is 10.1. The van der Waals surface area contributed by atoms with Crippen LogP contribution in [0.3, 0.4) is 0 Å². The van der Waals surface area contributed by atoms with E-state index < -0.39 is 0 Å². The fraction of sp³-hybridized carbons (Fsp3) is 0.316. The molecule has 0 unspecified atom stereocenters. The molecule has 0 fully saturated rings. The quantitative estimate of drug-likeness (QED) is 0.796. The Kier molecular flexibility index (Phi) is 6.01. The standard InChI is InChI=1S/C19H23NO2/c1-15-8-10-17(11-9-15)14-19(21)20-12-4-6-16-5-3-7-18(13-16)22-2/h3,5,7-11,13H,4,6,12,14H2,1-2H3,(H,20,21). The number of aryl methyl sites for hydroxylation is 2. The van der Waals surface area contributed by atoms with Gasteiger partial charge < -0.3 is 10.1 Å². The zero-order valence-electron chi connectivity index (χ0n) is 13.3. The van der Waals surface area contributed by atoms with Crippen molar-refractivity contribution in [3.05, 3.63) is 65.2 Å². The highest BCUT2D eigenvalue weighted by Gasteiger charge is 2.03. The Labute approximate surface area is 132 Å². The van der Waals surface area contributed by atoms with Gasteiger partial charge in [-0.1, -0.05) is 42.0 Å². The van der Waals surface area contributed by atoms with Gasteiger partial charge in [-0.3, -0.25) is 4.79 Å². The molecule has 1 amide bonds. The van der Waals surface area contributed by atoms with Gasteiger partial charge in [0.15, 0.2) is 0 Å². The third-order valence-corrected chi connectivity index (χ3v) is 3.58. The third kappa shape index (κ3) is 5.24. The number of amides is 1. The first-order valence-corrected chi connectivity index (χ1v) is 7.62. The van der Waals surface area contributed by atoms with Crippen molar-refractivity contribution in [3.63, 3.8) is 0 Å². The lowest BCUT2D eigenvalue weighted by molar-refractivity contribution is -0.120. The van der Waals surface area contributed by atoms with Crippen LogP contribution >= 0.6 is 0 Å². The van der Waals surface area contributed by atoms with Gasteiger partial charge in [-0.05, 0) is 43.0 Å². The Morgan fingerprint density at radius 2 is 1.86 bits per heavy atom. The summed E-state index contributed by atoms with van der Waals surface area (Å²) in [5.41, 5.74) is 3.49. The summed E-state index contributed by atoms with van der Waals surface area (Å²) in [5.74, 6) is 0.954. The first kappa shape index (κ1) is 16.1. The molecule has 0 atom stereocenters. The van der Waals surface area contributed by atoms with Crippen molar-refractivity contribution < 1.29 is 9.53 Å². The number of carbonyl (C=O) groups excluding carboxylic acids is 1. The largest absolute Gasteiger partial charge is 0.497 e. The number of rotatable bonds is 7. The lowest BCUT2D eigenvalue weighted by Gasteiger charge is -2.07. The van der Waals surface area contributed by atoms with Crippen molar-refractivity contribution in [2.75, 3.05) is 13.7 Å². The maximum atomic E-state index is 11.9. The highest BCUT2D eigenvalue weighted by Crippen LogP contribution is 2.13. The van der Waals surface area contributed by atoms with E-state index in [9.17, 15) is 4.79 Å². The van der Waals surface area contributed by atoms with Crippen LogP contribution in [0.1, 0.15) is 23.1 Å². The van der Waals surface area contributed by atoms with Crippen LogP contribution in [0.25, 0.3) is 0 Å². The van der Waals surface area contributed by atoms with Gasteiger partial charge in [-0.25, -0.2) is 0 Å². The van der Waals surface area contributed by atoms with Gasteiger partial charge in [-0.2, -0.15) is 0 Å². The molecule has 3 heteroatoms. The average molecular weight is 297 g/mol. The molecule has 0 heterocycles. The number of nitrogens with one attached hydrogen (secondary N) is 1. The van der Waals surface area contributed by atoms with Crippen LogP contribution in [-0.4, -0.2) is 19.6 Å². The van der Waals surface area contributed by atoms with Gasteiger partial charge in [0.2, 0.25) is 5.91 Å². The summed E-state index contributed by atoms with van der Waals surface area (Å²) in [4.78, 5) is 11.9. The Morgan fingerprint density at radius 3 is 2.59 bits per heavy atom. The molecule has 0 saturated carbocycles. The van der Waals surface area contributed by atoms with Crippen LogP contribution in [-0.2, 0) is 17.6 Å². The molecular formula is C19H23NO2. The average Bonchev–Trinajstić information content (AvgIpc) is 2.54. The van der Waals surface area contributed by atoms with E-state index in [0.29, 0.717) is 13.0 Å². The molecule has 0 aliphatic rings. The normalized spacial score (nSPS) is 10.3. The molecule has 0 spiro atoms. The summed E-state index contributed by atoms with van der Waals surface area (Å²) in [6, 6.07) is 16.1. The first-order valence-electron chi connectivity index (χ1n) is 7.62. The van der Waals surface area contributed by atoms with Crippen LogP contribution in [0.2, 0.25) is 0 Å². The predicted octanol–water partition coefficient (Wildman–Crippen LogP) is 3.30. The van der Waals surface area contributed by atoms with E-state index in [2.05, 4.69) is 11.4 Å². The van der Waals surface area contributed by atoms with Gasteiger partial charge in [0.25, 0.3) is 0 Å². The third-order valence-electron chi connectivity index (χ3n) is 3.58. The summed E-state index contributed by atoms with van der Waals surface area (Å²) in [6.07, 6.45) is 2.30. The minimum absolute atomic E-state index is 0.0782. The molecule has 2 rings (SSSR count). The fourth-order valence-electron chi connectivity index (χ4n) is 2.30. The van der Waals surface area contributed by atoms with E-state index >= 15 is 0 Å². The van der Waals surface area contributed by atoms with Crippen molar-refractivity contribution in [2.45, 2.75) is 26.2 Å². The molecule has 116 valence electrons. The second kappa shape index (κ2) is 8.23. The second-order valence-electron chi connectivity index (χ2n) is 5.47. The molecule has 0 aromatic heterocycles. The summed E-state index contributed by atoms with van der Waals surface area (Å²) in [6.45, 7) is 2.74. The van der Waals surface area contributed by atoms with Gasteiger partial charge in [0.1, 0.15) is 5.75 Å². The van der Waals surface area contributed by atoms with Crippen LogP contribution in [0.4, 0.5) is 0 Å². The molecule has 22 heavy (non-hydrogen) atoms. The Bertz CT molecular complexity index is 605. The van der Waals surface area contributed by atoms with E-state index in [1.165, 1.54) is 11.1 Å². The molecule has 0 radical (unpaired) electrons. The highest BCUT2D eigenvalue weighted by atomic mass is 16.5.